The smallest absolute Gasteiger partial charge is 0.227 e. The molecule has 0 bridgehead atoms. The number of carbonyl (C=O) groups is 1. The van der Waals surface area contributed by atoms with Gasteiger partial charge in [0.15, 0.2) is 0 Å². The first kappa shape index (κ1) is 18.7. The number of benzene rings is 2. The summed E-state index contributed by atoms with van der Waals surface area (Å²) >= 11 is 0. The summed E-state index contributed by atoms with van der Waals surface area (Å²) in [4.78, 5) is 16.2. The summed E-state index contributed by atoms with van der Waals surface area (Å²) in [6.07, 6.45) is 0.198. The third kappa shape index (κ3) is 4.75. The van der Waals surface area contributed by atoms with Gasteiger partial charge in [-0.15, -0.1) is 0 Å². The maximum Gasteiger partial charge on any atom is 0.227 e. The largest absolute Gasteiger partial charge is 0.339 e. The van der Waals surface area contributed by atoms with Crippen LogP contribution in [0, 0.1) is 11.6 Å². The molecular formula is C20H19F2N3O2. The lowest BCUT2D eigenvalue weighted by molar-refractivity contribution is -0.116. The highest BCUT2D eigenvalue weighted by molar-refractivity contribution is 5.90. The van der Waals surface area contributed by atoms with Crippen molar-refractivity contribution < 1.29 is 18.1 Å². The predicted molar refractivity (Wildman–Crippen MR) is 97.1 cm³/mol. The van der Waals surface area contributed by atoms with Crippen LogP contribution in [0.2, 0.25) is 0 Å². The number of amides is 1. The van der Waals surface area contributed by atoms with E-state index in [1.165, 1.54) is 5.56 Å². The molecule has 0 fully saturated rings. The number of carbonyl (C=O) groups excluding carboxylic acids is 1. The van der Waals surface area contributed by atoms with Crippen LogP contribution in [0.15, 0.2) is 47.0 Å². The highest BCUT2D eigenvalue weighted by Crippen LogP contribution is 2.21. The molecule has 3 aromatic rings. The number of halogens is 2. The van der Waals surface area contributed by atoms with Gasteiger partial charge in [-0.3, -0.25) is 4.79 Å². The van der Waals surface area contributed by atoms with Crippen molar-refractivity contribution in [3.8, 4) is 11.4 Å². The van der Waals surface area contributed by atoms with Crippen LogP contribution in [0.5, 0.6) is 0 Å². The lowest BCUT2D eigenvalue weighted by Crippen LogP contribution is -2.13. The fourth-order valence-corrected chi connectivity index (χ4v) is 2.52. The molecule has 0 atom stereocenters. The molecule has 0 aliphatic rings. The topological polar surface area (TPSA) is 68.0 Å². The molecule has 1 aromatic heterocycles. The summed E-state index contributed by atoms with van der Waals surface area (Å²) in [6.45, 7) is 4.23. The molecule has 1 heterocycles. The van der Waals surface area contributed by atoms with Crippen molar-refractivity contribution in [3.05, 3.63) is 65.6 Å². The zero-order valence-corrected chi connectivity index (χ0v) is 15.0. The van der Waals surface area contributed by atoms with E-state index in [0.717, 1.165) is 23.8 Å². The number of hydrogen-bond acceptors (Lipinski definition) is 4. The molecule has 0 radical (unpaired) electrons. The summed E-state index contributed by atoms with van der Waals surface area (Å²) in [5, 5.41) is 6.25. The molecule has 0 saturated heterocycles. The van der Waals surface area contributed by atoms with Crippen molar-refractivity contribution in [1.29, 1.82) is 0 Å². The van der Waals surface area contributed by atoms with Crippen molar-refractivity contribution in [2.45, 2.75) is 32.6 Å². The second-order valence-corrected chi connectivity index (χ2v) is 6.46. The zero-order chi connectivity index (χ0) is 19.4. The zero-order valence-electron chi connectivity index (χ0n) is 15.0. The van der Waals surface area contributed by atoms with Gasteiger partial charge in [0, 0.05) is 24.5 Å². The molecule has 3 rings (SSSR count). The fraction of sp³-hybridized carbons (Fsp3) is 0.250. The van der Waals surface area contributed by atoms with Crippen molar-refractivity contribution >= 4 is 11.6 Å². The summed E-state index contributed by atoms with van der Waals surface area (Å²) in [7, 11) is 0. The summed E-state index contributed by atoms with van der Waals surface area (Å²) < 4.78 is 31.8. The molecule has 2 aromatic carbocycles. The first-order valence-corrected chi connectivity index (χ1v) is 8.60. The SMILES string of the molecule is CC(C)c1ccc(-c2noc(CCC(=O)Nc3cc(F)ccc3F)n2)cc1. The number of anilines is 1. The number of aromatic nitrogens is 2. The first-order chi connectivity index (χ1) is 12.9. The minimum atomic E-state index is -0.699. The van der Waals surface area contributed by atoms with E-state index in [2.05, 4.69) is 29.3 Å². The Labute approximate surface area is 155 Å². The number of aryl methyl sites for hydroxylation is 1. The molecule has 1 amide bonds. The van der Waals surface area contributed by atoms with Crippen LogP contribution < -0.4 is 5.32 Å². The van der Waals surface area contributed by atoms with E-state index >= 15 is 0 Å². The van der Waals surface area contributed by atoms with E-state index in [-0.39, 0.29) is 18.5 Å². The minimum absolute atomic E-state index is 0.00384. The Morgan fingerprint density at radius 2 is 1.89 bits per heavy atom. The third-order valence-electron chi connectivity index (χ3n) is 4.07. The first-order valence-electron chi connectivity index (χ1n) is 8.60. The van der Waals surface area contributed by atoms with Crippen LogP contribution in [0.25, 0.3) is 11.4 Å². The Kier molecular flexibility index (Phi) is 5.59. The van der Waals surface area contributed by atoms with Crippen molar-refractivity contribution in [2.24, 2.45) is 0 Å². The molecule has 0 aliphatic heterocycles. The van der Waals surface area contributed by atoms with Gasteiger partial charge in [0.05, 0.1) is 5.69 Å². The molecule has 0 aliphatic carbocycles. The van der Waals surface area contributed by atoms with E-state index in [1.54, 1.807) is 0 Å². The van der Waals surface area contributed by atoms with Gasteiger partial charge in [-0.25, -0.2) is 8.78 Å². The Morgan fingerprint density at radius 3 is 2.59 bits per heavy atom. The lowest BCUT2D eigenvalue weighted by atomic mass is 10.0. The van der Waals surface area contributed by atoms with Crippen LogP contribution in [0.1, 0.15) is 37.6 Å². The molecule has 140 valence electrons. The second-order valence-electron chi connectivity index (χ2n) is 6.46. The number of nitrogens with zero attached hydrogens (tertiary/aromatic N) is 2. The molecule has 7 heteroatoms. The van der Waals surface area contributed by atoms with Crippen molar-refractivity contribution in [2.75, 3.05) is 5.32 Å². The average molecular weight is 371 g/mol. The second kappa shape index (κ2) is 8.07. The van der Waals surface area contributed by atoms with E-state index in [4.69, 9.17) is 4.52 Å². The summed E-state index contributed by atoms with van der Waals surface area (Å²) in [5.41, 5.74) is 1.83. The quantitative estimate of drug-likeness (QED) is 0.681. The number of hydrogen-bond donors (Lipinski definition) is 1. The van der Waals surface area contributed by atoms with E-state index in [1.807, 2.05) is 24.3 Å². The van der Waals surface area contributed by atoms with Crippen LogP contribution in [0.4, 0.5) is 14.5 Å². The van der Waals surface area contributed by atoms with Gasteiger partial charge >= 0.3 is 0 Å². The summed E-state index contributed by atoms with van der Waals surface area (Å²) in [6, 6.07) is 10.7. The monoisotopic (exact) mass is 371 g/mol. The number of rotatable bonds is 6. The normalized spacial score (nSPS) is 11.0. The van der Waals surface area contributed by atoms with E-state index in [0.29, 0.717) is 17.6 Å². The van der Waals surface area contributed by atoms with Crippen molar-refractivity contribution in [1.82, 2.24) is 10.1 Å². The predicted octanol–water partition coefficient (Wildman–Crippen LogP) is 4.71. The van der Waals surface area contributed by atoms with Gasteiger partial charge in [-0.2, -0.15) is 4.98 Å². The molecule has 0 saturated carbocycles. The molecule has 27 heavy (non-hydrogen) atoms. The van der Waals surface area contributed by atoms with Crippen LogP contribution in [0.3, 0.4) is 0 Å². The average Bonchev–Trinajstić information content (AvgIpc) is 3.12. The van der Waals surface area contributed by atoms with Gasteiger partial charge < -0.3 is 9.84 Å². The van der Waals surface area contributed by atoms with Crippen LogP contribution in [-0.4, -0.2) is 16.0 Å². The standard InChI is InChI=1S/C20H19F2N3O2/c1-12(2)13-3-5-14(6-4-13)20-24-19(27-25-20)10-9-18(26)23-17-11-15(21)7-8-16(17)22/h3-8,11-12H,9-10H2,1-2H3,(H,23,26). The molecule has 5 nitrogen and oxygen atoms in total. The van der Waals surface area contributed by atoms with Gasteiger partial charge in [0.25, 0.3) is 0 Å². The van der Waals surface area contributed by atoms with Gasteiger partial charge in [-0.05, 0) is 23.6 Å². The maximum atomic E-state index is 13.5. The molecular weight excluding hydrogens is 352 g/mol. The molecule has 1 N–H and O–H groups in total. The molecule has 0 unspecified atom stereocenters. The Bertz CT molecular complexity index is 937. The Morgan fingerprint density at radius 1 is 1.15 bits per heavy atom. The summed E-state index contributed by atoms with van der Waals surface area (Å²) in [5.74, 6) is -0.627. The lowest BCUT2D eigenvalue weighted by Gasteiger charge is -2.05. The van der Waals surface area contributed by atoms with Gasteiger partial charge in [0.1, 0.15) is 11.6 Å². The third-order valence-corrected chi connectivity index (χ3v) is 4.07. The van der Waals surface area contributed by atoms with Gasteiger partial charge in [-0.1, -0.05) is 43.3 Å². The van der Waals surface area contributed by atoms with E-state index in [9.17, 15) is 13.6 Å². The van der Waals surface area contributed by atoms with Gasteiger partial charge in [0.2, 0.25) is 17.6 Å². The van der Waals surface area contributed by atoms with E-state index < -0.39 is 17.5 Å². The maximum absolute atomic E-state index is 13.5. The highest BCUT2D eigenvalue weighted by Gasteiger charge is 2.13. The van der Waals surface area contributed by atoms with Crippen molar-refractivity contribution in [3.63, 3.8) is 0 Å². The minimum Gasteiger partial charge on any atom is -0.339 e. The van der Waals surface area contributed by atoms with Crippen LogP contribution >= 0.6 is 0 Å². The molecule has 0 spiro atoms. The Balaban J connectivity index is 1.59. The highest BCUT2D eigenvalue weighted by atomic mass is 19.1. The fourth-order valence-electron chi connectivity index (χ4n) is 2.52. The Hall–Kier alpha value is -3.09. The number of nitrogens with one attached hydrogen (secondary N) is 1. The van der Waals surface area contributed by atoms with Crippen LogP contribution in [-0.2, 0) is 11.2 Å².